The summed E-state index contributed by atoms with van der Waals surface area (Å²) in [5.41, 5.74) is 0.259. The molecule has 5 nitrogen and oxygen atoms in total. The van der Waals surface area contributed by atoms with Gasteiger partial charge < -0.3 is 10.2 Å². The number of hydrogen-bond donors (Lipinski definition) is 1. The van der Waals surface area contributed by atoms with E-state index in [9.17, 15) is 4.79 Å². The number of nitrogens with one attached hydrogen (secondary N) is 1. The second-order valence-electron chi connectivity index (χ2n) is 4.37. The van der Waals surface area contributed by atoms with Crippen LogP contribution in [0.15, 0.2) is 23.6 Å². The molecule has 0 aliphatic heterocycles. The molecule has 1 N–H and O–H groups in total. The first-order valence-electron chi connectivity index (χ1n) is 5.75. The summed E-state index contributed by atoms with van der Waals surface area (Å²) in [6.45, 7) is 6.83. The summed E-state index contributed by atoms with van der Waals surface area (Å²) in [5.74, 6) is 0. The van der Waals surface area contributed by atoms with Crippen molar-refractivity contribution in [2.75, 3.05) is 26.0 Å². The Morgan fingerprint density at radius 1 is 1.67 bits per heavy atom. The van der Waals surface area contributed by atoms with E-state index in [1.807, 2.05) is 25.9 Å². The van der Waals surface area contributed by atoms with Gasteiger partial charge in [-0.15, -0.1) is 6.58 Å². The summed E-state index contributed by atoms with van der Waals surface area (Å²) in [6.07, 6.45) is 3.30. The van der Waals surface area contributed by atoms with Gasteiger partial charge in [0.15, 0.2) is 0 Å². The van der Waals surface area contributed by atoms with Gasteiger partial charge in [-0.3, -0.25) is 4.79 Å². The van der Waals surface area contributed by atoms with E-state index in [0.717, 1.165) is 6.54 Å². The lowest BCUT2D eigenvalue weighted by Crippen LogP contribution is -2.29. The topological polar surface area (TPSA) is 50.2 Å². The minimum Gasteiger partial charge on any atom is -0.376 e. The summed E-state index contributed by atoms with van der Waals surface area (Å²) in [5, 5.41) is 7.32. The van der Waals surface area contributed by atoms with Crippen LogP contribution < -0.4 is 10.9 Å². The van der Waals surface area contributed by atoms with E-state index in [0.29, 0.717) is 12.2 Å². The molecule has 0 fully saturated rings. The highest BCUT2D eigenvalue weighted by molar-refractivity contribution is 6.32. The van der Waals surface area contributed by atoms with Gasteiger partial charge in [0.2, 0.25) is 0 Å². The zero-order chi connectivity index (χ0) is 13.7. The maximum Gasteiger partial charge on any atom is 0.287 e. The number of hydrogen-bond acceptors (Lipinski definition) is 4. The summed E-state index contributed by atoms with van der Waals surface area (Å²) in [6, 6.07) is 0.0290. The maximum atomic E-state index is 12.0. The predicted molar refractivity (Wildman–Crippen MR) is 75.3 cm³/mol. The van der Waals surface area contributed by atoms with E-state index in [1.54, 1.807) is 12.3 Å². The van der Waals surface area contributed by atoms with Crippen LogP contribution in [-0.2, 0) is 6.54 Å². The van der Waals surface area contributed by atoms with Gasteiger partial charge in [-0.2, -0.15) is 5.10 Å². The minimum absolute atomic E-state index is 0.0290. The molecule has 0 bridgehead atoms. The van der Waals surface area contributed by atoms with Gasteiger partial charge in [-0.05, 0) is 21.0 Å². The van der Waals surface area contributed by atoms with Crippen LogP contribution in [0, 0.1) is 0 Å². The molecule has 0 amide bonds. The highest BCUT2D eigenvalue weighted by atomic mass is 35.5. The molecule has 1 rings (SSSR count). The molecule has 0 spiro atoms. The quantitative estimate of drug-likeness (QED) is 0.795. The van der Waals surface area contributed by atoms with Crippen molar-refractivity contribution < 1.29 is 0 Å². The van der Waals surface area contributed by atoms with E-state index in [1.165, 1.54) is 4.68 Å². The highest BCUT2D eigenvalue weighted by Gasteiger charge is 2.10. The third-order valence-corrected chi connectivity index (χ3v) is 2.85. The van der Waals surface area contributed by atoms with Crippen molar-refractivity contribution in [3.8, 4) is 0 Å². The molecule has 0 aliphatic rings. The molecule has 1 unspecified atom stereocenters. The Kier molecular flexibility index (Phi) is 5.37. The average Bonchev–Trinajstić information content (AvgIpc) is 2.33. The second kappa shape index (κ2) is 6.56. The van der Waals surface area contributed by atoms with E-state index in [4.69, 9.17) is 11.6 Å². The van der Waals surface area contributed by atoms with E-state index in [2.05, 4.69) is 17.0 Å². The molecule has 6 heteroatoms. The molecule has 0 aliphatic carbocycles. The van der Waals surface area contributed by atoms with Crippen LogP contribution in [0.4, 0.5) is 5.69 Å². The Bertz CT molecular complexity index is 470. The third-order valence-electron chi connectivity index (χ3n) is 2.48. The molecule has 0 aromatic carbocycles. The van der Waals surface area contributed by atoms with Crippen LogP contribution >= 0.6 is 11.6 Å². The van der Waals surface area contributed by atoms with Crippen molar-refractivity contribution in [2.24, 2.45) is 0 Å². The number of halogens is 1. The van der Waals surface area contributed by atoms with Crippen molar-refractivity contribution >= 4 is 17.3 Å². The van der Waals surface area contributed by atoms with Crippen molar-refractivity contribution in [1.82, 2.24) is 14.7 Å². The van der Waals surface area contributed by atoms with Gasteiger partial charge in [-0.1, -0.05) is 17.7 Å². The fraction of sp³-hybridized carbons (Fsp3) is 0.500. The van der Waals surface area contributed by atoms with Crippen molar-refractivity contribution in [1.29, 1.82) is 0 Å². The summed E-state index contributed by atoms with van der Waals surface area (Å²) in [7, 11) is 3.88. The fourth-order valence-corrected chi connectivity index (χ4v) is 1.52. The SMILES string of the molecule is C=CC(C)Nc1cnn(CCN(C)C)c(=O)c1Cl. The summed E-state index contributed by atoms with van der Waals surface area (Å²) in [4.78, 5) is 13.9. The first-order chi connectivity index (χ1) is 8.45. The lowest BCUT2D eigenvalue weighted by molar-refractivity contribution is 0.367. The molecule has 1 aromatic heterocycles. The first-order valence-corrected chi connectivity index (χ1v) is 6.13. The van der Waals surface area contributed by atoms with Gasteiger partial charge in [0.05, 0.1) is 18.4 Å². The van der Waals surface area contributed by atoms with Crippen LogP contribution in [0.25, 0.3) is 0 Å². The van der Waals surface area contributed by atoms with Crippen LogP contribution in [0.3, 0.4) is 0 Å². The second-order valence-corrected chi connectivity index (χ2v) is 4.75. The van der Waals surface area contributed by atoms with E-state index in [-0.39, 0.29) is 16.6 Å². The Balaban J connectivity index is 2.91. The van der Waals surface area contributed by atoms with E-state index < -0.39 is 0 Å². The van der Waals surface area contributed by atoms with Crippen molar-refractivity contribution in [3.63, 3.8) is 0 Å². The monoisotopic (exact) mass is 270 g/mol. The molecule has 0 saturated heterocycles. The third kappa shape index (κ3) is 3.85. The number of aromatic nitrogens is 2. The van der Waals surface area contributed by atoms with Crippen LogP contribution in [0.1, 0.15) is 6.92 Å². The maximum absolute atomic E-state index is 12.0. The number of rotatable bonds is 6. The Hall–Kier alpha value is -1.33. The summed E-state index contributed by atoms with van der Waals surface area (Å²) < 4.78 is 1.37. The van der Waals surface area contributed by atoms with Gasteiger partial charge >= 0.3 is 0 Å². The molecule has 100 valence electrons. The zero-order valence-corrected chi connectivity index (χ0v) is 11.7. The summed E-state index contributed by atoms with van der Waals surface area (Å²) >= 11 is 6.03. The Labute approximate surface area is 112 Å². The lowest BCUT2D eigenvalue weighted by Gasteiger charge is -2.14. The molecule has 0 radical (unpaired) electrons. The predicted octanol–water partition coefficient (Wildman–Crippen LogP) is 1.44. The molecule has 0 saturated carbocycles. The highest BCUT2D eigenvalue weighted by Crippen LogP contribution is 2.16. The smallest absolute Gasteiger partial charge is 0.287 e. The van der Waals surface area contributed by atoms with Crippen LogP contribution in [0.2, 0.25) is 5.02 Å². The minimum atomic E-state index is -0.278. The van der Waals surface area contributed by atoms with Gasteiger partial charge in [0.1, 0.15) is 5.02 Å². The standard InChI is InChI=1S/C12H19ClN4O/c1-5-9(2)15-10-8-14-17(7-6-16(3)4)12(18)11(10)13/h5,8-9,15H,1,6-7H2,2-4H3. The fourth-order valence-electron chi connectivity index (χ4n) is 1.32. The zero-order valence-electron chi connectivity index (χ0n) is 11.0. The largest absolute Gasteiger partial charge is 0.376 e. The lowest BCUT2D eigenvalue weighted by atomic mass is 10.3. The molecular weight excluding hydrogens is 252 g/mol. The van der Waals surface area contributed by atoms with Gasteiger partial charge in [-0.25, -0.2) is 4.68 Å². The molecular formula is C12H19ClN4O. The first kappa shape index (κ1) is 14.7. The van der Waals surface area contributed by atoms with Gasteiger partial charge in [0, 0.05) is 12.6 Å². The number of nitrogens with zero attached hydrogens (tertiary/aromatic N) is 3. The molecule has 1 aromatic rings. The Morgan fingerprint density at radius 3 is 2.89 bits per heavy atom. The van der Waals surface area contributed by atoms with Crippen molar-refractivity contribution in [3.05, 3.63) is 34.2 Å². The van der Waals surface area contributed by atoms with Crippen molar-refractivity contribution in [2.45, 2.75) is 19.5 Å². The van der Waals surface area contributed by atoms with Crippen LogP contribution in [-0.4, -0.2) is 41.4 Å². The van der Waals surface area contributed by atoms with Gasteiger partial charge in [0.25, 0.3) is 5.56 Å². The normalized spacial score (nSPS) is 12.5. The average molecular weight is 271 g/mol. The number of likely N-dealkylation sites (N-methyl/N-ethyl adjacent to an activating group) is 1. The molecule has 18 heavy (non-hydrogen) atoms. The molecule has 1 atom stereocenters. The van der Waals surface area contributed by atoms with E-state index >= 15 is 0 Å². The number of anilines is 1. The molecule has 1 heterocycles. The van der Waals surface area contributed by atoms with Crippen LogP contribution in [0.5, 0.6) is 0 Å². The Morgan fingerprint density at radius 2 is 2.33 bits per heavy atom.